The molecule has 4 heteroatoms. The summed E-state index contributed by atoms with van der Waals surface area (Å²) in [6.45, 7) is 2.05. The highest BCUT2D eigenvalue weighted by molar-refractivity contribution is 5.90. The number of hydrogen-bond acceptors (Lipinski definition) is 2. The molecule has 2 rings (SSSR count). The molecule has 0 aromatic carbocycles. The zero-order valence-corrected chi connectivity index (χ0v) is 11.4. The summed E-state index contributed by atoms with van der Waals surface area (Å²) < 4.78 is 0. The van der Waals surface area contributed by atoms with E-state index >= 15 is 0 Å². The lowest BCUT2D eigenvalue weighted by molar-refractivity contribution is -0.143. The average molecular weight is 262 g/mol. The molecule has 2 amide bonds. The van der Waals surface area contributed by atoms with Crippen LogP contribution in [0.3, 0.4) is 0 Å². The number of fused-ring (bicyclic) bond motifs is 1. The number of unbranched alkanes of at least 4 members (excludes halogenated alkanes) is 2. The van der Waals surface area contributed by atoms with E-state index in [1.165, 1.54) is 0 Å². The normalized spacial score (nSPS) is 23.8. The fourth-order valence-corrected chi connectivity index (χ4v) is 2.93. The zero-order chi connectivity index (χ0) is 13.7. The van der Waals surface area contributed by atoms with Gasteiger partial charge in [0, 0.05) is 32.5 Å². The van der Waals surface area contributed by atoms with Crippen molar-refractivity contribution in [1.82, 2.24) is 9.80 Å². The Labute approximate surface area is 115 Å². The Morgan fingerprint density at radius 3 is 2.84 bits per heavy atom. The van der Waals surface area contributed by atoms with E-state index in [4.69, 9.17) is 6.42 Å². The van der Waals surface area contributed by atoms with Gasteiger partial charge in [0.25, 0.3) is 0 Å². The van der Waals surface area contributed by atoms with Crippen LogP contribution in [0, 0.1) is 12.3 Å². The second-order valence-corrected chi connectivity index (χ2v) is 5.34. The van der Waals surface area contributed by atoms with Crippen LogP contribution >= 0.6 is 0 Å². The maximum absolute atomic E-state index is 12.5. The van der Waals surface area contributed by atoms with Gasteiger partial charge in [-0.25, -0.2) is 0 Å². The molecule has 0 saturated carbocycles. The summed E-state index contributed by atoms with van der Waals surface area (Å²) in [6.07, 6.45) is 11.2. The molecule has 4 nitrogen and oxygen atoms in total. The van der Waals surface area contributed by atoms with Gasteiger partial charge in [-0.1, -0.05) is 0 Å². The van der Waals surface area contributed by atoms with Crippen molar-refractivity contribution in [2.45, 2.75) is 51.0 Å². The Morgan fingerprint density at radius 2 is 2.05 bits per heavy atom. The van der Waals surface area contributed by atoms with Crippen molar-refractivity contribution in [2.75, 3.05) is 19.6 Å². The van der Waals surface area contributed by atoms with Gasteiger partial charge in [0.1, 0.15) is 6.04 Å². The zero-order valence-electron chi connectivity index (χ0n) is 11.4. The number of terminal acetylenes is 1. The molecule has 104 valence electrons. The maximum atomic E-state index is 12.5. The van der Waals surface area contributed by atoms with Crippen molar-refractivity contribution in [3.63, 3.8) is 0 Å². The van der Waals surface area contributed by atoms with E-state index in [0.29, 0.717) is 13.0 Å². The first-order valence-electron chi connectivity index (χ1n) is 7.26. The third-order valence-electron chi connectivity index (χ3n) is 4.01. The molecular formula is C15H22N2O2. The summed E-state index contributed by atoms with van der Waals surface area (Å²) >= 11 is 0. The van der Waals surface area contributed by atoms with Crippen LogP contribution in [0.2, 0.25) is 0 Å². The number of hydrogen-bond donors (Lipinski definition) is 0. The Morgan fingerprint density at radius 1 is 1.21 bits per heavy atom. The smallest absolute Gasteiger partial charge is 0.245 e. The molecule has 0 aromatic heterocycles. The monoisotopic (exact) mass is 262 g/mol. The Hall–Kier alpha value is -1.50. The lowest BCUT2D eigenvalue weighted by Gasteiger charge is -2.34. The molecule has 19 heavy (non-hydrogen) atoms. The summed E-state index contributed by atoms with van der Waals surface area (Å²) in [5.41, 5.74) is 0. The second kappa shape index (κ2) is 6.60. The molecular weight excluding hydrogens is 240 g/mol. The standard InChI is InChI=1S/C15H22N2O2/c1-2-3-4-6-10-16-12-9-14(18)17-11-7-5-8-13(17)15(16)19/h1,13H,3-12H2. The van der Waals surface area contributed by atoms with Crippen molar-refractivity contribution in [3.05, 3.63) is 0 Å². The van der Waals surface area contributed by atoms with E-state index in [-0.39, 0.29) is 17.9 Å². The van der Waals surface area contributed by atoms with Crippen LogP contribution in [0.25, 0.3) is 0 Å². The molecule has 0 spiro atoms. The SMILES string of the molecule is C#CCCCCN1CCC(=O)N2CCCCC2C1=O. The van der Waals surface area contributed by atoms with Crippen molar-refractivity contribution >= 4 is 11.8 Å². The summed E-state index contributed by atoms with van der Waals surface area (Å²) in [4.78, 5) is 28.2. The number of nitrogens with zero attached hydrogens (tertiary/aromatic N) is 2. The van der Waals surface area contributed by atoms with E-state index in [1.54, 1.807) is 4.90 Å². The number of amides is 2. The van der Waals surface area contributed by atoms with E-state index in [0.717, 1.165) is 51.6 Å². The molecule has 0 aromatic rings. The van der Waals surface area contributed by atoms with E-state index in [9.17, 15) is 9.59 Å². The van der Waals surface area contributed by atoms with Crippen molar-refractivity contribution in [2.24, 2.45) is 0 Å². The molecule has 1 unspecified atom stereocenters. The predicted octanol–water partition coefficient (Wildman–Crippen LogP) is 1.40. The van der Waals surface area contributed by atoms with Gasteiger partial charge in [0.05, 0.1) is 0 Å². The topological polar surface area (TPSA) is 40.6 Å². The third-order valence-corrected chi connectivity index (χ3v) is 4.01. The Balaban J connectivity index is 1.96. The molecule has 0 radical (unpaired) electrons. The summed E-state index contributed by atoms with van der Waals surface area (Å²) in [7, 11) is 0. The van der Waals surface area contributed by atoms with Gasteiger partial charge in [0.15, 0.2) is 0 Å². The molecule has 1 atom stereocenters. The highest BCUT2D eigenvalue weighted by atomic mass is 16.2. The minimum absolute atomic E-state index is 0.143. The Kier molecular flexibility index (Phi) is 4.84. The van der Waals surface area contributed by atoms with Crippen LogP contribution in [-0.4, -0.2) is 47.3 Å². The van der Waals surface area contributed by atoms with Gasteiger partial charge >= 0.3 is 0 Å². The first kappa shape index (κ1) is 13.9. The van der Waals surface area contributed by atoms with Crippen LogP contribution < -0.4 is 0 Å². The lowest BCUT2D eigenvalue weighted by Crippen LogP contribution is -2.49. The maximum Gasteiger partial charge on any atom is 0.245 e. The highest BCUT2D eigenvalue weighted by Crippen LogP contribution is 2.23. The fraction of sp³-hybridized carbons (Fsp3) is 0.733. The first-order chi connectivity index (χ1) is 9.24. The molecule has 2 aliphatic heterocycles. The molecule has 0 aliphatic carbocycles. The van der Waals surface area contributed by atoms with Crippen LogP contribution in [0.15, 0.2) is 0 Å². The van der Waals surface area contributed by atoms with Gasteiger partial charge in [-0.2, -0.15) is 0 Å². The quantitative estimate of drug-likeness (QED) is 0.567. The van der Waals surface area contributed by atoms with E-state index in [1.807, 2.05) is 4.90 Å². The molecule has 0 N–H and O–H groups in total. The summed E-state index contributed by atoms with van der Waals surface area (Å²) in [6, 6.07) is -0.198. The summed E-state index contributed by atoms with van der Waals surface area (Å²) in [5, 5.41) is 0. The van der Waals surface area contributed by atoms with Gasteiger partial charge in [-0.05, 0) is 32.1 Å². The largest absolute Gasteiger partial charge is 0.340 e. The second-order valence-electron chi connectivity index (χ2n) is 5.34. The van der Waals surface area contributed by atoms with Gasteiger partial charge < -0.3 is 9.80 Å². The Bertz CT molecular complexity index is 386. The van der Waals surface area contributed by atoms with Crippen LogP contribution in [0.4, 0.5) is 0 Å². The molecule has 2 aliphatic rings. The van der Waals surface area contributed by atoms with Crippen LogP contribution in [0.5, 0.6) is 0 Å². The number of carbonyl (C=O) groups is 2. The minimum Gasteiger partial charge on any atom is -0.340 e. The van der Waals surface area contributed by atoms with Gasteiger partial charge in [0.2, 0.25) is 11.8 Å². The third kappa shape index (κ3) is 3.28. The fourth-order valence-electron chi connectivity index (χ4n) is 2.93. The predicted molar refractivity (Wildman–Crippen MR) is 73.2 cm³/mol. The van der Waals surface area contributed by atoms with Crippen molar-refractivity contribution in [1.29, 1.82) is 0 Å². The van der Waals surface area contributed by atoms with Gasteiger partial charge in [-0.3, -0.25) is 9.59 Å². The molecule has 2 saturated heterocycles. The number of piperidine rings is 1. The number of carbonyl (C=O) groups excluding carboxylic acids is 2. The first-order valence-corrected chi connectivity index (χ1v) is 7.26. The summed E-state index contributed by atoms with van der Waals surface area (Å²) in [5.74, 6) is 2.90. The minimum atomic E-state index is -0.198. The molecule has 2 heterocycles. The van der Waals surface area contributed by atoms with E-state index < -0.39 is 0 Å². The van der Waals surface area contributed by atoms with Gasteiger partial charge in [-0.15, -0.1) is 12.3 Å². The lowest BCUT2D eigenvalue weighted by atomic mass is 10.0. The average Bonchev–Trinajstić information content (AvgIpc) is 2.56. The van der Waals surface area contributed by atoms with Crippen molar-refractivity contribution < 1.29 is 9.59 Å². The highest BCUT2D eigenvalue weighted by Gasteiger charge is 2.37. The molecule has 0 bridgehead atoms. The van der Waals surface area contributed by atoms with Crippen LogP contribution in [-0.2, 0) is 9.59 Å². The van der Waals surface area contributed by atoms with Crippen LogP contribution in [0.1, 0.15) is 44.9 Å². The van der Waals surface area contributed by atoms with E-state index in [2.05, 4.69) is 5.92 Å². The molecule has 2 fully saturated rings. The van der Waals surface area contributed by atoms with Crippen molar-refractivity contribution in [3.8, 4) is 12.3 Å². The number of rotatable bonds is 4.